The number of aliphatic hydroxyl groups excluding tert-OH is 1. The Hall–Kier alpha value is -0.840. The molecule has 1 atom stereocenters. The average molecular weight is 372 g/mol. The van der Waals surface area contributed by atoms with Gasteiger partial charge in [0.15, 0.2) is 0 Å². The molecular formula is C16H20BrClN2O. The van der Waals surface area contributed by atoms with Gasteiger partial charge in [-0.1, -0.05) is 46.6 Å². The van der Waals surface area contributed by atoms with Gasteiger partial charge >= 0.3 is 0 Å². The minimum atomic E-state index is 0.134. The van der Waals surface area contributed by atoms with Crippen molar-refractivity contribution in [2.24, 2.45) is 13.0 Å². The van der Waals surface area contributed by atoms with Crippen molar-refractivity contribution in [1.82, 2.24) is 9.78 Å². The molecule has 114 valence electrons. The number of nitrogens with zero attached hydrogens (tertiary/aromatic N) is 2. The maximum atomic E-state index is 9.68. The molecule has 3 nitrogen and oxygen atoms in total. The minimum Gasteiger partial charge on any atom is -0.396 e. The second kappa shape index (κ2) is 7.43. The highest BCUT2D eigenvalue weighted by molar-refractivity contribution is 9.10. The summed E-state index contributed by atoms with van der Waals surface area (Å²) in [5.74, 6) is 0.136. The molecule has 0 bridgehead atoms. The van der Waals surface area contributed by atoms with Crippen LogP contribution in [0.3, 0.4) is 0 Å². The van der Waals surface area contributed by atoms with Crippen LogP contribution < -0.4 is 0 Å². The third-order valence-electron chi connectivity index (χ3n) is 3.66. The summed E-state index contributed by atoms with van der Waals surface area (Å²) in [5.41, 5.74) is 3.13. The summed E-state index contributed by atoms with van der Waals surface area (Å²) >= 11 is 9.87. The van der Waals surface area contributed by atoms with Crippen molar-refractivity contribution in [1.29, 1.82) is 0 Å². The fourth-order valence-corrected chi connectivity index (χ4v) is 3.33. The van der Waals surface area contributed by atoms with Gasteiger partial charge in [0.25, 0.3) is 0 Å². The Labute approximate surface area is 139 Å². The Morgan fingerprint density at radius 3 is 2.71 bits per heavy atom. The zero-order valence-corrected chi connectivity index (χ0v) is 14.7. The standard InChI is InChI=1S/C16H20BrClN2O/c1-3-14-16(18)15(20(2)19-14)9-12(10-21)7-11-5-4-6-13(17)8-11/h4-6,8,12,21H,3,7,9-10H2,1-2H3. The molecule has 0 aliphatic heterocycles. The van der Waals surface area contributed by atoms with Crippen LogP contribution in [-0.2, 0) is 26.3 Å². The molecule has 0 amide bonds. The largest absolute Gasteiger partial charge is 0.396 e. The summed E-state index contributed by atoms with van der Waals surface area (Å²) in [7, 11) is 1.91. The molecule has 2 aromatic rings. The Kier molecular flexibility index (Phi) is 5.85. The van der Waals surface area contributed by atoms with Crippen LogP contribution in [0.15, 0.2) is 28.7 Å². The number of hydrogen-bond acceptors (Lipinski definition) is 2. The van der Waals surface area contributed by atoms with Gasteiger partial charge < -0.3 is 5.11 Å². The highest BCUT2D eigenvalue weighted by Crippen LogP contribution is 2.25. The molecule has 0 fully saturated rings. The third-order valence-corrected chi connectivity index (χ3v) is 4.59. The average Bonchev–Trinajstić information content (AvgIpc) is 2.73. The predicted molar refractivity (Wildman–Crippen MR) is 89.7 cm³/mol. The molecule has 0 spiro atoms. The molecule has 0 aliphatic rings. The smallest absolute Gasteiger partial charge is 0.0849 e. The zero-order chi connectivity index (χ0) is 15.4. The number of hydrogen-bond donors (Lipinski definition) is 1. The Morgan fingerprint density at radius 1 is 1.38 bits per heavy atom. The Bertz CT molecular complexity index is 612. The quantitative estimate of drug-likeness (QED) is 0.839. The molecule has 0 radical (unpaired) electrons. The summed E-state index contributed by atoms with van der Waals surface area (Å²) in [6.45, 7) is 2.18. The normalized spacial score (nSPS) is 12.6. The molecule has 1 aromatic heterocycles. The van der Waals surface area contributed by atoms with Crippen molar-refractivity contribution in [3.8, 4) is 0 Å². The molecule has 21 heavy (non-hydrogen) atoms. The number of aromatic nitrogens is 2. The van der Waals surface area contributed by atoms with Gasteiger partial charge in [-0.2, -0.15) is 5.10 Å². The highest BCUT2D eigenvalue weighted by atomic mass is 79.9. The van der Waals surface area contributed by atoms with E-state index in [2.05, 4.69) is 33.2 Å². The summed E-state index contributed by atoms with van der Waals surface area (Å²) in [5, 5.41) is 14.9. The zero-order valence-electron chi connectivity index (χ0n) is 12.3. The molecule has 2 rings (SSSR count). The molecule has 1 unspecified atom stereocenters. The SMILES string of the molecule is CCc1nn(C)c(CC(CO)Cc2cccc(Br)c2)c1Cl. The van der Waals surface area contributed by atoms with Crippen molar-refractivity contribution in [2.45, 2.75) is 26.2 Å². The lowest BCUT2D eigenvalue weighted by Gasteiger charge is -2.15. The minimum absolute atomic E-state index is 0.134. The number of rotatable bonds is 6. The lowest BCUT2D eigenvalue weighted by atomic mass is 9.95. The van der Waals surface area contributed by atoms with Gasteiger partial charge in [-0.25, -0.2) is 0 Å². The van der Waals surface area contributed by atoms with E-state index in [1.807, 2.05) is 30.8 Å². The van der Waals surface area contributed by atoms with Crippen LogP contribution in [0, 0.1) is 5.92 Å². The van der Waals surface area contributed by atoms with E-state index in [1.54, 1.807) is 0 Å². The second-order valence-corrected chi connectivity index (χ2v) is 6.56. The van der Waals surface area contributed by atoms with Crippen LogP contribution in [0.5, 0.6) is 0 Å². The summed E-state index contributed by atoms with van der Waals surface area (Å²) < 4.78 is 2.90. The summed E-state index contributed by atoms with van der Waals surface area (Å²) in [4.78, 5) is 0. The Morgan fingerprint density at radius 2 is 2.14 bits per heavy atom. The van der Waals surface area contributed by atoms with Gasteiger partial charge in [-0.05, 0) is 42.9 Å². The number of halogens is 2. The lowest BCUT2D eigenvalue weighted by molar-refractivity contribution is 0.223. The second-order valence-electron chi connectivity index (χ2n) is 5.27. The topological polar surface area (TPSA) is 38.0 Å². The first kappa shape index (κ1) is 16.5. The molecular weight excluding hydrogens is 352 g/mol. The van der Waals surface area contributed by atoms with Crippen LogP contribution in [0.2, 0.25) is 5.02 Å². The van der Waals surface area contributed by atoms with Crippen molar-refractivity contribution in [2.75, 3.05) is 6.61 Å². The van der Waals surface area contributed by atoms with E-state index in [0.717, 1.165) is 40.1 Å². The molecule has 0 saturated heterocycles. The van der Waals surface area contributed by atoms with E-state index in [9.17, 15) is 5.11 Å². The van der Waals surface area contributed by atoms with Crippen molar-refractivity contribution in [3.63, 3.8) is 0 Å². The maximum Gasteiger partial charge on any atom is 0.0849 e. The van der Waals surface area contributed by atoms with Gasteiger partial charge in [-0.3, -0.25) is 4.68 Å². The predicted octanol–water partition coefficient (Wildman–Crippen LogP) is 3.79. The molecule has 0 saturated carbocycles. The Balaban J connectivity index is 2.14. The van der Waals surface area contributed by atoms with Gasteiger partial charge in [0, 0.05) is 18.1 Å². The molecule has 1 heterocycles. The van der Waals surface area contributed by atoms with Crippen molar-refractivity contribution >= 4 is 27.5 Å². The lowest BCUT2D eigenvalue weighted by Crippen LogP contribution is -2.15. The monoisotopic (exact) mass is 370 g/mol. The van der Waals surface area contributed by atoms with E-state index in [0.29, 0.717) is 0 Å². The third kappa shape index (κ3) is 4.09. The van der Waals surface area contributed by atoms with E-state index >= 15 is 0 Å². The van der Waals surface area contributed by atoms with Crippen molar-refractivity contribution < 1.29 is 5.11 Å². The number of aryl methyl sites for hydroxylation is 2. The van der Waals surface area contributed by atoms with Crippen LogP contribution >= 0.6 is 27.5 Å². The van der Waals surface area contributed by atoms with Crippen LogP contribution in [0.4, 0.5) is 0 Å². The van der Waals surface area contributed by atoms with E-state index in [-0.39, 0.29) is 12.5 Å². The molecule has 1 N–H and O–H groups in total. The first-order chi connectivity index (χ1) is 10.0. The van der Waals surface area contributed by atoms with Gasteiger partial charge in [0.2, 0.25) is 0 Å². The van der Waals surface area contributed by atoms with Crippen LogP contribution in [0.25, 0.3) is 0 Å². The summed E-state index contributed by atoms with van der Waals surface area (Å²) in [6, 6.07) is 8.18. The first-order valence-electron chi connectivity index (χ1n) is 7.10. The summed E-state index contributed by atoms with van der Waals surface area (Å²) in [6.07, 6.45) is 2.37. The van der Waals surface area contributed by atoms with Crippen LogP contribution in [0.1, 0.15) is 23.9 Å². The van der Waals surface area contributed by atoms with Gasteiger partial charge in [-0.15, -0.1) is 0 Å². The van der Waals surface area contributed by atoms with E-state index in [4.69, 9.17) is 11.6 Å². The number of aliphatic hydroxyl groups is 1. The van der Waals surface area contributed by atoms with Crippen molar-refractivity contribution in [3.05, 3.63) is 50.7 Å². The maximum absolute atomic E-state index is 9.68. The molecule has 0 aliphatic carbocycles. The molecule has 1 aromatic carbocycles. The van der Waals surface area contributed by atoms with E-state index < -0.39 is 0 Å². The first-order valence-corrected chi connectivity index (χ1v) is 8.27. The van der Waals surface area contributed by atoms with Gasteiger partial charge in [0.05, 0.1) is 16.4 Å². The fourth-order valence-electron chi connectivity index (χ4n) is 2.51. The van der Waals surface area contributed by atoms with Gasteiger partial charge in [0.1, 0.15) is 0 Å². The fraction of sp³-hybridized carbons (Fsp3) is 0.438. The molecule has 5 heteroatoms. The van der Waals surface area contributed by atoms with Crippen LogP contribution in [-0.4, -0.2) is 21.5 Å². The van der Waals surface area contributed by atoms with E-state index in [1.165, 1.54) is 5.56 Å². The number of benzene rings is 1. The highest BCUT2D eigenvalue weighted by Gasteiger charge is 2.18.